The molecule has 158 valence electrons. The van der Waals surface area contributed by atoms with E-state index in [1.54, 1.807) is 0 Å². The first kappa shape index (κ1) is 20.4. The minimum atomic E-state index is -0.465. The number of piperazine rings is 1. The lowest BCUT2D eigenvalue weighted by atomic mass is 10.1. The molecule has 3 heterocycles. The molecule has 2 amide bonds. The van der Waals surface area contributed by atoms with Crippen molar-refractivity contribution in [2.45, 2.75) is 39.2 Å². The van der Waals surface area contributed by atoms with Crippen molar-refractivity contribution >= 4 is 23.3 Å². The van der Waals surface area contributed by atoms with Gasteiger partial charge in [0, 0.05) is 37.9 Å². The van der Waals surface area contributed by atoms with Crippen molar-refractivity contribution in [2.24, 2.45) is 0 Å². The van der Waals surface area contributed by atoms with E-state index in [-0.39, 0.29) is 18.2 Å². The van der Waals surface area contributed by atoms with Crippen LogP contribution in [0.15, 0.2) is 30.3 Å². The highest BCUT2D eigenvalue weighted by atomic mass is 19.1. The summed E-state index contributed by atoms with van der Waals surface area (Å²) >= 11 is 0. The van der Waals surface area contributed by atoms with Crippen LogP contribution in [0.25, 0.3) is 0 Å². The van der Waals surface area contributed by atoms with Crippen molar-refractivity contribution in [2.75, 3.05) is 36.0 Å². The molecule has 2 fully saturated rings. The zero-order chi connectivity index (χ0) is 21.3. The van der Waals surface area contributed by atoms with E-state index in [9.17, 15) is 14.0 Å². The number of rotatable bonds is 5. The molecule has 4 rings (SSSR count). The van der Waals surface area contributed by atoms with Gasteiger partial charge < -0.3 is 4.90 Å². The van der Waals surface area contributed by atoms with Crippen LogP contribution in [0.1, 0.15) is 31.3 Å². The molecule has 0 saturated carbocycles. The maximum absolute atomic E-state index is 13.2. The van der Waals surface area contributed by atoms with Crippen LogP contribution in [-0.2, 0) is 16.0 Å². The Kier molecular flexibility index (Phi) is 5.76. The first-order valence-electron chi connectivity index (χ1n) is 10.4. The predicted octanol–water partition coefficient (Wildman–Crippen LogP) is 2.33. The quantitative estimate of drug-likeness (QED) is 0.704. The fraction of sp³-hybridized carbons (Fsp3) is 0.455. The van der Waals surface area contributed by atoms with Crippen LogP contribution in [-0.4, -0.2) is 58.9 Å². The number of aromatic nitrogens is 2. The first-order chi connectivity index (χ1) is 14.5. The van der Waals surface area contributed by atoms with Gasteiger partial charge in [0.2, 0.25) is 5.91 Å². The first-order valence-corrected chi connectivity index (χ1v) is 10.4. The molecule has 2 aliphatic heterocycles. The molecule has 2 aromatic rings. The van der Waals surface area contributed by atoms with Crippen molar-refractivity contribution in [3.05, 3.63) is 47.7 Å². The molecule has 2 aliphatic rings. The number of hydrogen-bond acceptors (Lipinski definition) is 6. The number of amides is 2. The molecule has 0 radical (unpaired) electrons. The second-order valence-corrected chi connectivity index (χ2v) is 7.80. The Hall–Kier alpha value is -2.87. The second kappa shape index (κ2) is 8.47. The molecule has 0 unspecified atom stereocenters. The number of nitrogens with zero attached hydrogens (tertiary/aromatic N) is 5. The zero-order valence-corrected chi connectivity index (χ0v) is 17.3. The molecule has 1 aromatic carbocycles. The maximum Gasteiger partial charge on any atom is 0.251 e. The van der Waals surface area contributed by atoms with Gasteiger partial charge in [-0.25, -0.2) is 19.3 Å². The number of imide groups is 1. The third-order valence-electron chi connectivity index (χ3n) is 5.67. The zero-order valence-electron chi connectivity index (χ0n) is 17.3. The molecule has 30 heavy (non-hydrogen) atoms. The van der Waals surface area contributed by atoms with Gasteiger partial charge >= 0.3 is 0 Å². The number of benzene rings is 1. The van der Waals surface area contributed by atoms with E-state index >= 15 is 0 Å². The monoisotopic (exact) mass is 411 g/mol. The summed E-state index contributed by atoms with van der Waals surface area (Å²) in [5.41, 5.74) is 1.47. The van der Waals surface area contributed by atoms with Crippen molar-refractivity contribution in [1.82, 2.24) is 14.9 Å². The second-order valence-electron chi connectivity index (χ2n) is 7.80. The molecule has 8 heteroatoms. The van der Waals surface area contributed by atoms with Crippen LogP contribution in [0.3, 0.4) is 0 Å². The Morgan fingerprint density at radius 3 is 2.43 bits per heavy atom. The van der Waals surface area contributed by atoms with E-state index < -0.39 is 11.9 Å². The summed E-state index contributed by atoms with van der Waals surface area (Å²) in [7, 11) is 0. The third kappa shape index (κ3) is 4.05. The topological polar surface area (TPSA) is 69.6 Å². The fourth-order valence-electron chi connectivity index (χ4n) is 4.18. The summed E-state index contributed by atoms with van der Waals surface area (Å²) in [6.45, 7) is 6.85. The molecule has 1 atom stereocenters. The predicted molar refractivity (Wildman–Crippen MR) is 112 cm³/mol. The molecule has 7 nitrogen and oxygen atoms in total. The van der Waals surface area contributed by atoms with Gasteiger partial charge in [-0.2, -0.15) is 0 Å². The van der Waals surface area contributed by atoms with Gasteiger partial charge in [-0.05, 0) is 37.6 Å². The smallest absolute Gasteiger partial charge is 0.251 e. The Bertz CT molecular complexity index is 941. The normalized spacial score (nSPS) is 20.3. The number of carbonyl (C=O) groups is 2. The molecule has 0 N–H and O–H groups in total. The van der Waals surface area contributed by atoms with Crippen molar-refractivity contribution < 1.29 is 14.0 Å². The molecule has 2 saturated heterocycles. The highest BCUT2D eigenvalue weighted by molar-refractivity contribution is 6.22. The van der Waals surface area contributed by atoms with E-state index in [1.807, 2.05) is 13.0 Å². The average molecular weight is 411 g/mol. The Morgan fingerprint density at radius 1 is 1.07 bits per heavy atom. The van der Waals surface area contributed by atoms with E-state index in [4.69, 9.17) is 0 Å². The van der Waals surface area contributed by atoms with Gasteiger partial charge in [0.05, 0.1) is 18.2 Å². The summed E-state index contributed by atoms with van der Waals surface area (Å²) in [5, 5.41) is 0. The van der Waals surface area contributed by atoms with Crippen molar-refractivity contribution in [1.29, 1.82) is 0 Å². The summed E-state index contributed by atoms with van der Waals surface area (Å²) in [6.07, 6.45) is 2.11. The molecule has 1 aromatic heterocycles. The number of anilines is 2. The lowest BCUT2D eigenvalue weighted by Crippen LogP contribution is -2.52. The van der Waals surface area contributed by atoms with Gasteiger partial charge in [0.15, 0.2) is 0 Å². The van der Waals surface area contributed by atoms with Crippen LogP contribution < -0.4 is 9.80 Å². The fourth-order valence-corrected chi connectivity index (χ4v) is 4.18. The van der Waals surface area contributed by atoms with Crippen LogP contribution in [0.4, 0.5) is 15.9 Å². The third-order valence-corrected chi connectivity index (χ3v) is 5.67. The van der Waals surface area contributed by atoms with Gasteiger partial charge in [0.1, 0.15) is 17.5 Å². The van der Waals surface area contributed by atoms with E-state index in [0.29, 0.717) is 18.8 Å². The lowest BCUT2D eigenvalue weighted by Gasteiger charge is -2.37. The van der Waals surface area contributed by atoms with E-state index in [1.165, 1.54) is 29.2 Å². The van der Waals surface area contributed by atoms with Gasteiger partial charge in [-0.1, -0.05) is 13.3 Å². The molecule has 0 bridgehead atoms. The standard InChI is InChI=1S/C22H26FN5O2/c1-3-4-17-13-20(25-15(2)24-17)27-11-9-26(10-12-27)19-14-21(29)28(22(19)30)18-7-5-16(23)6-8-18/h5-8,13,19H,3-4,9-12,14H2,1-2H3/t19-/m0/s1. The molecule has 0 spiro atoms. The summed E-state index contributed by atoms with van der Waals surface area (Å²) in [5.74, 6) is 0.822. The Balaban J connectivity index is 1.43. The molecular formula is C22H26FN5O2. The summed E-state index contributed by atoms with van der Waals surface area (Å²) in [6, 6.07) is 7.05. The summed E-state index contributed by atoms with van der Waals surface area (Å²) < 4.78 is 13.2. The van der Waals surface area contributed by atoms with Gasteiger partial charge in [-0.3, -0.25) is 14.5 Å². The van der Waals surface area contributed by atoms with Gasteiger partial charge in [0.25, 0.3) is 5.91 Å². The number of aryl methyl sites for hydroxylation is 2. The molecule has 0 aliphatic carbocycles. The Morgan fingerprint density at radius 2 is 1.77 bits per heavy atom. The van der Waals surface area contributed by atoms with E-state index in [0.717, 1.165) is 43.3 Å². The number of hydrogen-bond donors (Lipinski definition) is 0. The largest absolute Gasteiger partial charge is 0.354 e. The lowest BCUT2D eigenvalue weighted by molar-refractivity contribution is -0.123. The Labute approximate surface area is 175 Å². The SMILES string of the molecule is CCCc1cc(N2CCN([C@H]3CC(=O)N(c4ccc(F)cc4)C3=O)CC2)nc(C)n1. The van der Waals surface area contributed by atoms with Crippen molar-refractivity contribution in [3.63, 3.8) is 0 Å². The van der Waals surface area contributed by atoms with E-state index in [2.05, 4.69) is 26.7 Å². The van der Waals surface area contributed by atoms with Gasteiger partial charge in [-0.15, -0.1) is 0 Å². The van der Waals surface area contributed by atoms with Crippen LogP contribution in [0.5, 0.6) is 0 Å². The number of halogens is 1. The van der Waals surface area contributed by atoms with Crippen LogP contribution in [0.2, 0.25) is 0 Å². The minimum absolute atomic E-state index is 0.156. The molecular weight excluding hydrogens is 385 g/mol. The highest BCUT2D eigenvalue weighted by Gasteiger charge is 2.43. The summed E-state index contributed by atoms with van der Waals surface area (Å²) in [4.78, 5) is 40.0. The highest BCUT2D eigenvalue weighted by Crippen LogP contribution is 2.27. The maximum atomic E-state index is 13.2. The van der Waals surface area contributed by atoms with Crippen LogP contribution in [0, 0.1) is 12.7 Å². The number of carbonyl (C=O) groups excluding carboxylic acids is 2. The average Bonchev–Trinajstić information content (AvgIpc) is 3.03. The van der Waals surface area contributed by atoms with Crippen molar-refractivity contribution in [3.8, 4) is 0 Å². The minimum Gasteiger partial charge on any atom is -0.354 e. The van der Waals surface area contributed by atoms with Crippen LogP contribution >= 0.6 is 0 Å².